The number of hydrogen-bond acceptors (Lipinski definition) is 11. The molecule has 3 aromatic carbocycles. The van der Waals surface area contributed by atoms with Crippen molar-refractivity contribution >= 4 is 41.4 Å². The van der Waals surface area contributed by atoms with E-state index in [4.69, 9.17) is 0 Å². The number of aryl methyl sites for hydroxylation is 1. The van der Waals surface area contributed by atoms with E-state index in [0.29, 0.717) is 6.54 Å². The second-order valence-corrected chi connectivity index (χ2v) is 18.6. The molecule has 16 nitrogen and oxygen atoms in total. The second kappa shape index (κ2) is 18.5. The molecule has 0 amide bonds. The van der Waals surface area contributed by atoms with Crippen LogP contribution < -0.4 is 0 Å². The quantitative estimate of drug-likeness (QED) is 0.127. The molecule has 19 heteroatoms. The van der Waals surface area contributed by atoms with E-state index in [1.54, 1.807) is 19.1 Å². The lowest BCUT2D eigenvalue weighted by atomic mass is 10.1. The van der Waals surface area contributed by atoms with Gasteiger partial charge in [-0.3, -0.25) is 20.2 Å². The van der Waals surface area contributed by atoms with Crippen molar-refractivity contribution in [2.45, 2.75) is 60.6 Å². The van der Waals surface area contributed by atoms with Gasteiger partial charge in [0.2, 0.25) is 30.1 Å². The monoisotopic (exact) mass is 794 g/mol. The molecule has 0 N–H and O–H groups in total. The molecule has 3 aromatic rings. The molecular formula is C34H46N6O10S3. The van der Waals surface area contributed by atoms with Crippen LogP contribution in [-0.2, 0) is 30.1 Å². The number of hydrogen-bond donors (Lipinski definition) is 0. The summed E-state index contributed by atoms with van der Waals surface area (Å²) in [5.74, 6) is 0. The first-order valence-electron chi connectivity index (χ1n) is 17.4. The van der Waals surface area contributed by atoms with Crippen molar-refractivity contribution in [2.75, 3.05) is 58.9 Å². The van der Waals surface area contributed by atoms with Crippen LogP contribution in [0.5, 0.6) is 0 Å². The molecule has 0 aromatic heterocycles. The predicted octanol–water partition coefficient (Wildman–Crippen LogP) is 4.47. The largest absolute Gasteiger partial charge is 0.301 e. The summed E-state index contributed by atoms with van der Waals surface area (Å²) in [6.45, 7) is 3.46. The van der Waals surface area contributed by atoms with Crippen molar-refractivity contribution in [1.29, 1.82) is 0 Å². The number of nitro groups is 2. The van der Waals surface area contributed by atoms with Crippen LogP contribution in [-0.4, -0.2) is 112 Å². The van der Waals surface area contributed by atoms with Gasteiger partial charge in [0, 0.05) is 76.6 Å². The number of nitro benzene ring substituents is 2. The summed E-state index contributed by atoms with van der Waals surface area (Å²) in [6, 6.07) is 15.1. The maximum atomic E-state index is 14.1. The van der Waals surface area contributed by atoms with Crippen LogP contribution in [0.15, 0.2) is 87.5 Å². The molecule has 0 unspecified atom stereocenters. The lowest BCUT2D eigenvalue weighted by molar-refractivity contribution is -0.385. The minimum absolute atomic E-state index is 0.0565. The van der Waals surface area contributed by atoms with Gasteiger partial charge in [-0.2, -0.15) is 12.9 Å². The molecule has 0 bridgehead atoms. The van der Waals surface area contributed by atoms with Crippen LogP contribution in [0.4, 0.5) is 11.4 Å². The van der Waals surface area contributed by atoms with Crippen molar-refractivity contribution in [2.24, 2.45) is 0 Å². The van der Waals surface area contributed by atoms with Gasteiger partial charge in [0.25, 0.3) is 11.4 Å². The van der Waals surface area contributed by atoms with Crippen molar-refractivity contribution in [3.8, 4) is 0 Å². The van der Waals surface area contributed by atoms with Crippen molar-refractivity contribution in [1.82, 2.24) is 17.8 Å². The second-order valence-electron chi connectivity index (χ2n) is 12.8. The van der Waals surface area contributed by atoms with Crippen LogP contribution in [0.25, 0.3) is 0 Å². The molecule has 1 aliphatic rings. The Morgan fingerprint density at radius 3 is 1.17 bits per heavy atom. The normalized spacial score (nSPS) is 16.8. The molecular weight excluding hydrogens is 749 g/mol. The minimum atomic E-state index is -4.27. The third-order valence-electron chi connectivity index (χ3n) is 9.14. The summed E-state index contributed by atoms with van der Waals surface area (Å²) in [7, 11) is -12.8. The molecule has 1 heterocycles. The predicted molar refractivity (Wildman–Crippen MR) is 199 cm³/mol. The minimum Gasteiger partial charge on any atom is -0.301 e. The lowest BCUT2D eigenvalue weighted by Crippen LogP contribution is -2.49. The average molecular weight is 795 g/mol. The zero-order valence-corrected chi connectivity index (χ0v) is 32.3. The zero-order valence-electron chi connectivity index (χ0n) is 29.8. The van der Waals surface area contributed by atoms with Gasteiger partial charge < -0.3 is 4.90 Å². The fraction of sp³-hybridized carbons (Fsp3) is 0.471. The number of nitrogens with zero attached hydrogens (tertiary/aromatic N) is 6. The Kier molecular flexibility index (Phi) is 14.6. The summed E-state index contributed by atoms with van der Waals surface area (Å²) < 4.78 is 87.7. The number of benzene rings is 3. The van der Waals surface area contributed by atoms with Crippen molar-refractivity contribution in [3.05, 3.63) is 98.6 Å². The van der Waals surface area contributed by atoms with Gasteiger partial charge in [-0.1, -0.05) is 50.3 Å². The lowest BCUT2D eigenvalue weighted by Gasteiger charge is -2.33. The van der Waals surface area contributed by atoms with Crippen LogP contribution >= 0.6 is 0 Å². The Morgan fingerprint density at radius 1 is 0.509 bits per heavy atom. The van der Waals surface area contributed by atoms with Crippen LogP contribution in [0, 0.1) is 27.2 Å². The molecule has 1 saturated heterocycles. The van der Waals surface area contributed by atoms with Gasteiger partial charge in [0.05, 0.1) is 24.5 Å². The Labute approximate surface area is 311 Å². The highest BCUT2D eigenvalue weighted by Gasteiger charge is 2.33. The summed E-state index contributed by atoms with van der Waals surface area (Å²) in [5, 5.41) is 22.5. The Balaban J connectivity index is 1.73. The molecule has 0 radical (unpaired) electrons. The topological polar surface area (TPSA) is 202 Å². The van der Waals surface area contributed by atoms with E-state index in [1.165, 1.54) is 20.7 Å². The maximum Gasteiger partial charge on any atom is 0.269 e. The fourth-order valence-corrected chi connectivity index (χ4v) is 10.2. The summed E-state index contributed by atoms with van der Waals surface area (Å²) >= 11 is 0. The van der Waals surface area contributed by atoms with Gasteiger partial charge >= 0.3 is 0 Å². The van der Waals surface area contributed by atoms with Gasteiger partial charge in [0.1, 0.15) is 0 Å². The van der Waals surface area contributed by atoms with E-state index in [2.05, 4.69) is 6.92 Å². The molecule has 1 aliphatic heterocycles. The Bertz CT molecular complexity index is 1930. The first kappa shape index (κ1) is 41.9. The van der Waals surface area contributed by atoms with E-state index < -0.39 is 39.9 Å². The third-order valence-corrected chi connectivity index (χ3v) is 14.9. The summed E-state index contributed by atoms with van der Waals surface area (Å²) in [4.78, 5) is 22.8. The van der Waals surface area contributed by atoms with Gasteiger partial charge in [-0.25, -0.2) is 25.3 Å². The number of unbranched alkanes of at least 4 members (excludes halogenated alkanes) is 4. The Morgan fingerprint density at radius 2 is 0.830 bits per heavy atom. The van der Waals surface area contributed by atoms with Crippen LogP contribution in [0.3, 0.4) is 0 Å². The number of sulfonamides is 3. The van der Waals surface area contributed by atoms with Crippen LogP contribution in [0.1, 0.15) is 44.6 Å². The van der Waals surface area contributed by atoms with E-state index >= 15 is 0 Å². The molecule has 0 atom stereocenters. The molecule has 53 heavy (non-hydrogen) atoms. The number of non-ortho nitro benzene ring substituents is 2. The molecule has 4 rings (SSSR count). The van der Waals surface area contributed by atoms with Crippen molar-refractivity contribution < 1.29 is 35.1 Å². The summed E-state index contributed by atoms with van der Waals surface area (Å²) in [5.41, 5.74) is 0.249. The first-order valence-corrected chi connectivity index (χ1v) is 21.7. The third kappa shape index (κ3) is 10.9. The Hall–Kier alpha value is -3.85. The van der Waals surface area contributed by atoms with Gasteiger partial charge in [0.15, 0.2) is 0 Å². The van der Waals surface area contributed by atoms with Gasteiger partial charge in [-0.05, 0) is 56.3 Å². The van der Waals surface area contributed by atoms with Crippen molar-refractivity contribution in [3.63, 3.8) is 0 Å². The van der Waals surface area contributed by atoms with E-state index in [0.717, 1.165) is 90.5 Å². The highest BCUT2D eigenvalue weighted by molar-refractivity contribution is 7.89. The molecule has 0 saturated carbocycles. The smallest absolute Gasteiger partial charge is 0.269 e. The first-order chi connectivity index (χ1) is 25.1. The number of rotatable bonds is 14. The molecule has 0 spiro atoms. The van der Waals surface area contributed by atoms with Crippen LogP contribution in [0.2, 0.25) is 0 Å². The standard InChI is InChI=1S/C34H46N6O10S3/c1-3-4-5-6-7-20-35-21-23-36(52(47,48)33-16-10-30(11-17-33)39(41)42)25-27-38(51(45,46)32-14-8-29(2)9-15-32)28-26-37(24-22-35)53(49,50)34-18-12-31(13-19-34)40(43)44/h8-19H,3-7,20-28H2,1-2H3. The fourth-order valence-electron chi connectivity index (χ4n) is 5.92. The highest BCUT2D eigenvalue weighted by Crippen LogP contribution is 2.24. The van der Waals surface area contributed by atoms with Gasteiger partial charge in [-0.15, -0.1) is 0 Å². The SMILES string of the molecule is CCCCCCCN1CCN(S(=O)(=O)c2ccc([N+](=O)[O-])cc2)CCN(S(=O)(=O)c2ccc(C)cc2)CCN(S(=O)(=O)c2ccc([N+](=O)[O-])cc2)CC1. The molecule has 290 valence electrons. The van der Waals surface area contributed by atoms with E-state index in [-0.39, 0.29) is 78.4 Å². The zero-order chi connectivity index (χ0) is 38.8. The molecule has 1 fully saturated rings. The molecule has 0 aliphatic carbocycles. The van der Waals surface area contributed by atoms with E-state index in [1.807, 2.05) is 4.90 Å². The maximum absolute atomic E-state index is 14.1. The summed E-state index contributed by atoms with van der Waals surface area (Å²) in [6.07, 6.45) is 4.82. The average Bonchev–Trinajstić information content (AvgIpc) is 3.12. The van der Waals surface area contributed by atoms with E-state index in [9.17, 15) is 45.5 Å². The highest BCUT2D eigenvalue weighted by atomic mass is 32.2.